The van der Waals surface area contributed by atoms with Crippen LogP contribution in [0.4, 0.5) is 39.5 Å². The Kier molecular flexibility index (Phi) is 18.9. The van der Waals surface area contributed by atoms with E-state index in [4.69, 9.17) is 44.3 Å². The summed E-state index contributed by atoms with van der Waals surface area (Å²) in [5, 5.41) is 1.40. The molecule has 0 spiro atoms. The van der Waals surface area contributed by atoms with Crippen molar-refractivity contribution in [2.45, 2.75) is 140 Å². The molecule has 0 radical (unpaired) electrons. The molecule has 492 valence electrons. The first-order valence-corrected chi connectivity index (χ1v) is 32.9. The largest absolute Gasteiger partial charge is 0.431 e. The first-order valence-electron chi connectivity index (χ1n) is 30.1. The average molecular weight is 1360 g/mol. The van der Waals surface area contributed by atoms with Crippen molar-refractivity contribution < 1.29 is 71.8 Å². The molecule has 3 aliphatic heterocycles. The number of alkyl halides is 9. The highest BCUT2D eigenvalue weighted by Gasteiger charge is 2.50. The van der Waals surface area contributed by atoms with Crippen molar-refractivity contribution in [2.75, 3.05) is 64.8 Å². The van der Waals surface area contributed by atoms with E-state index in [-0.39, 0.29) is 82.1 Å². The Morgan fingerprint density at radius 2 is 0.791 bits per heavy atom. The quantitative estimate of drug-likeness (QED) is 0.132. The van der Waals surface area contributed by atoms with Crippen LogP contribution in [0.5, 0.6) is 0 Å². The van der Waals surface area contributed by atoms with Crippen LogP contribution >= 0.6 is 34.8 Å². The van der Waals surface area contributed by atoms with Gasteiger partial charge >= 0.3 is 18.5 Å². The molecule has 3 saturated heterocycles. The SMILES string of the molecule is Cc1c(-c2ccc(Cl)cc2)c(C(=O)N2CCOC(C)(C)C2)n(C2CCC2)c1C(F)(F)F.Cc1c(-c2ccc(Cl)cc2)c(C(=O)N2CCOCC2)n(C2CC2)c1C(F)(F)F.Cc1c(-c2ccc(Cl)cc2)c(C(=O)N2CCS(=O)(=O)C(C)(C)C2)n(C2CC2)c1C(F)(F)F. The van der Waals surface area contributed by atoms with Crippen molar-refractivity contribution in [3.8, 4) is 33.4 Å². The van der Waals surface area contributed by atoms with E-state index >= 15 is 0 Å². The van der Waals surface area contributed by atoms with Gasteiger partial charge in [0.2, 0.25) is 0 Å². The highest BCUT2D eigenvalue weighted by molar-refractivity contribution is 7.92. The molecule has 6 aromatic rings. The zero-order valence-electron chi connectivity index (χ0n) is 51.2. The van der Waals surface area contributed by atoms with E-state index in [9.17, 15) is 62.3 Å². The van der Waals surface area contributed by atoms with Gasteiger partial charge in [0.1, 0.15) is 34.2 Å². The third-order valence-corrected chi connectivity index (χ3v) is 21.1. The summed E-state index contributed by atoms with van der Waals surface area (Å²) >= 11 is 17.9. The Morgan fingerprint density at radius 1 is 0.473 bits per heavy atom. The molecule has 3 aromatic heterocycles. The van der Waals surface area contributed by atoms with Crippen LogP contribution in [-0.4, -0.2) is 130 Å². The molecule has 3 amide bonds. The molecular formula is C65H70Cl3F9N6O7S. The molecule has 0 N–H and O–H groups in total. The Labute approximate surface area is 537 Å². The van der Waals surface area contributed by atoms with Crippen LogP contribution in [0.3, 0.4) is 0 Å². The molecule has 13 nitrogen and oxygen atoms in total. The number of sulfone groups is 1. The Balaban J connectivity index is 0.000000150. The number of amides is 3. The number of hydrogen-bond acceptors (Lipinski definition) is 7. The monoisotopic (exact) mass is 1350 g/mol. The maximum atomic E-state index is 14.2. The van der Waals surface area contributed by atoms with Gasteiger partial charge in [0.05, 0.1) is 35.9 Å². The number of hydrogen-bond donors (Lipinski definition) is 0. The van der Waals surface area contributed by atoms with Gasteiger partial charge in [0.25, 0.3) is 17.7 Å². The topological polar surface area (TPSA) is 128 Å². The second-order valence-electron chi connectivity index (χ2n) is 25.3. The molecule has 6 heterocycles. The van der Waals surface area contributed by atoms with Crippen molar-refractivity contribution >= 4 is 62.4 Å². The lowest BCUT2D eigenvalue weighted by Crippen LogP contribution is -2.54. The number of benzene rings is 3. The van der Waals surface area contributed by atoms with Gasteiger partial charge < -0.3 is 37.9 Å². The molecular weight excluding hydrogens is 1290 g/mol. The highest BCUT2D eigenvalue weighted by atomic mass is 35.5. The lowest BCUT2D eigenvalue weighted by Gasteiger charge is -2.39. The Morgan fingerprint density at radius 3 is 1.09 bits per heavy atom. The van der Waals surface area contributed by atoms with Crippen LogP contribution < -0.4 is 0 Å². The number of aromatic nitrogens is 3. The number of ether oxygens (including phenoxy) is 2. The fraction of sp³-hybridized carbons (Fsp3) is 0.492. The van der Waals surface area contributed by atoms with Crippen LogP contribution in [0.1, 0.15) is 156 Å². The summed E-state index contributed by atoms with van der Waals surface area (Å²) < 4.78 is 165. The van der Waals surface area contributed by atoms with E-state index in [0.717, 1.165) is 11.0 Å². The van der Waals surface area contributed by atoms with Gasteiger partial charge in [0, 0.05) is 89.2 Å². The maximum Gasteiger partial charge on any atom is 0.431 e. The summed E-state index contributed by atoms with van der Waals surface area (Å²) in [5.41, 5.74) is 0.00966. The minimum atomic E-state index is -4.64. The van der Waals surface area contributed by atoms with Crippen molar-refractivity contribution in [3.63, 3.8) is 0 Å². The molecule has 3 aromatic carbocycles. The van der Waals surface area contributed by atoms with Gasteiger partial charge in [-0.15, -0.1) is 0 Å². The van der Waals surface area contributed by atoms with Crippen LogP contribution in [0.25, 0.3) is 33.4 Å². The molecule has 12 rings (SSSR count). The summed E-state index contributed by atoms with van der Waals surface area (Å²) in [5.74, 6) is -1.56. The van der Waals surface area contributed by atoms with Crippen molar-refractivity contribution in [3.05, 3.63) is 139 Å². The maximum absolute atomic E-state index is 14.2. The average Bonchev–Trinajstić information content (AvgIpc) is 1.59. The fourth-order valence-corrected chi connectivity index (χ4v) is 14.6. The van der Waals surface area contributed by atoms with E-state index in [1.807, 2.05) is 13.8 Å². The van der Waals surface area contributed by atoms with Gasteiger partial charge in [-0.3, -0.25) is 14.4 Å². The number of rotatable bonds is 9. The van der Waals surface area contributed by atoms with E-state index in [2.05, 4.69) is 0 Å². The van der Waals surface area contributed by atoms with Gasteiger partial charge in [-0.05, 0) is 163 Å². The highest BCUT2D eigenvalue weighted by Crippen LogP contribution is 2.52. The second-order valence-corrected chi connectivity index (χ2v) is 29.4. The standard InChI is InChI=1S/C23H26ClF3N2O2.C22H24ClF3N2O3S.C20H20ClF3N2O2/c1-14-18(15-7-9-16(24)10-8-15)19(21(30)28-11-12-31-22(2,3)13-28)29(17-5-4-6-17)20(14)23(25,26)27;1-13-17(14-4-6-15(23)7-5-14)18(28(16-8-9-16)19(13)22(24,25)26)20(29)27-10-11-32(30,31)21(2,3)12-27;1-12-16(13-2-4-14(21)5-3-13)17(19(27)25-8-10-28-11-9-25)26(15-6-7-15)18(12)20(22,23)24/h7-10,17H,4-6,11-13H2,1-3H3;4-7,16H,8-12H2,1-3H3;2-5,15H,6-11H2,1H3. The number of carbonyl (C=O) groups is 3. The first kappa shape index (κ1) is 67.9. The van der Waals surface area contributed by atoms with Gasteiger partial charge in [-0.25, -0.2) is 8.42 Å². The second kappa shape index (κ2) is 25.4. The molecule has 6 fully saturated rings. The minimum Gasteiger partial charge on any atom is -0.378 e. The van der Waals surface area contributed by atoms with E-state index in [1.165, 1.54) is 48.7 Å². The van der Waals surface area contributed by atoms with Crippen LogP contribution in [0, 0.1) is 20.8 Å². The number of carbonyl (C=O) groups excluding carboxylic acids is 3. The lowest BCUT2D eigenvalue weighted by atomic mass is 9.92. The third kappa shape index (κ3) is 13.8. The van der Waals surface area contributed by atoms with Crippen molar-refractivity contribution in [1.29, 1.82) is 0 Å². The number of halogens is 12. The molecule has 6 aliphatic rings. The molecule has 0 bridgehead atoms. The molecule has 91 heavy (non-hydrogen) atoms. The van der Waals surface area contributed by atoms with E-state index < -0.39 is 67.7 Å². The summed E-state index contributed by atoms with van der Waals surface area (Å²) in [6.45, 7) is 13.5. The lowest BCUT2D eigenvalue weighted by molar-refractivity contribution is -0.145. The molecule has 0 unspecified atom stereocenters. The molecule has 26 heteroatoms. The molecule has 3 saturated carbocycles. The van der Waals surface area contributed by atoms with Crippen LogP contribution in [0.15, 0.2) is 72.8 Å². The van der Waals surface area contributed by atoms with Crippen LogP contribution in [-0.2, 0) is 37.8 Å². The summed E-state index contributed by atoms with van der Waals surface area (Å²) in [6.07, 6.45) is -9.25. The number of nitrogens with zero attached hydrogens (tertiary/aromatic N) is 6. The van der Waals surface area contributed by atoms with Gasteiger partial charge in [-0.2, -0.15) is 39.5 Å². The Hall–Kier alpha value is -5.98. The fourth-order valence-electron chi connectivity index (χ4n) is 12.8. The summed E-state index contributed by atoms with van der Waals surface area (Å²) in [4.78, 5) is 45.4. The summed E-state index contributed by atoms with van der Waals surface area (Å²) in [6, 6.07) is 18.5. The predicted octanol–water partition coefficient (Wildman–Crippen LogP) is 16.2. The Bertz CT molecular complexity index is 3860. The van der Waals surface area contributed by atoms with Crippen molar-refractivity contribution in [1.82, 2.24) is 28.4 Å². The zero-order chi connectivity index (χ0) is 66.2. The zero-order valence-corrected chi connectivity index (χ0v) is 54.3. The smallest absolute Gasteiger partial charge is 0.378 e. The normalized spacial score (nSPS) is 19.3. The van der Waals surface area contributed by atoms with Gasteiger partial charge in [-0.1, -0.05) is 71.2 Å². The number of morpholine rings is 2. The predicted molar refractivity (Wildman–Crippen MR) is 330 cm³/mol. The first-order chi connectivity index (χ1) is 42.5. The molecule has 3 aliphatic carbocycles. The van der Waals surface area contributed by atoms with Gasteiger partial charge in [0.15, 0.2) is 9.84 Å². The van der Waals surface area contributed by atoms with Crippen LogP contribution in [0.2, 0.25) is 15.1 Å². The van der Waals surface area contributed by atoms with Crippen molar-refractivity contribution in [2.24, 2.45) is 0 Å². The minimum absolute atomic E-state index is 0.0148. The van der Waals surface area contributed by atoms with E-state index in [0.29, 0.717) is 127 Å². The summed E-state index contributed by atoms with van der Waals surface area (Å²) in [7, 11) is -3.41. The van der Waals surface area contributed by atoms with E-state index in [1.54, 1.807) is 82.6 Å². The molecule has 0 atom stereocenters. The third-order valence-electron chi connectivity index (χ3n) is 17.8.